The fourth-order valence-corrected chi connectivity index (χ4v) is 5.01. The van der Waals surface area contributed by atoms with E-state index in [0.29, 0.717) is 12.1 Å². The molecule has 0 spiro atoms. The zero-order valence-electron chi connectivity index (χ0n) is 12.3. The van der Waals surface area contributed by atoms with Crippen LogP contribution in [0, 0.1) is 0 Å². The fraction of sp³-hybridized carbons (Fsp3) is 0.529. The average molecular weight is 306 g/mol. The lowest BCUT2D eigenvalue weighted by atomic mass is 9.99. The highest BCUT2D eigenvalue weighted by atomic mass is 32.1. The van der Waals surface area contributed by atoms with Crippen LogP contribution in [0.1, 0.15) is 53.6 Å². The molecule has 1 aliphatic rings. The molecule has 0 aromatic carbocycles. The van der Waals surface area contributed by atoms with Gasteiger partial charge in [0.25, 0.3) is 0 Å². The van der Waals surface area contributed by atoms with Crippen molar-refractivity contribution >= 4 is 22.7 Å². The van der Waals surface area contributed by atoms with Crippen molar-refractivity contribution in [1.29, 1.82) is 0 Å². The fourth-order valence-electron chi connectivity index (χ4n) is 3.06. The van der Waals surface area contributed by atoms with Crippen LogP contribution in [0.5, 0.6) is 0 Å². The monoisotopic (exact) mass is 305 g/mol. The summed E-state index contributed by atoms with van der Waals surface area (Å²) in [5, 5.41) is 8.18. The molecule has 0 aliphatic heterocycles. The highest BCUT2D eigenvalue weighted by Gasteiger charge is 2.17. The van der Waals surface area contributed by atoms with Gasteiger partial charge in [0, 0.05) is 21.8 Å². The van der Waals surface area contributed by atoms with Crippen molar-refractivity contribution in [2.75, 3.05) is 0 Å². The largest absolute Gasteiger partial charge is 0.307 e. The Labute approximate surface area is 130 Å². The second-order valence-electron chi connectivity index (χ2n) is 5.93. The predicted octanol–water partition coefficient (Wildman–Crippen LogP) is 4.97. The van der Waals surface area contributed by atoms with Gasteiger partial charge in [0.15, 0.2) is 0 Å². The summed E-state index contributed by atoms with van der Waals surface area (Å²) in [6.07, 6.45) is 6.47. The van der Waals surface area contributed by atoms with Crippen LogP contribution in [0.2, 0.25) is 0 Å². The minimum absolute atomic E-state index is 0.472. The standard InChI is InChI=1S/C17H23NS2/c1-12(9-14-7-8-19-11-14)18-13(2)17-10-15-5-3-4-6-16(15)20-17/h7-8,10-13,18H,3-6,9H2,1-2H3. The lowest BCUT2D eigenvalue weighted by Crippen LogP contribution is -2.30. The molecule has 2 aromatic rings. The third-order valence-corrected chi connectivity index (χ3v) is 6.25. The maximum absolute atomic E-state index is 3.76. The molecule has 2 aromatic heterocycles. The zero-order valence-corrected chi connectivity index (χ0v) is 13.9. The Morgan fingerprint density at radius 1 is 1.25 bits per heavy atom. The van der Waals surface area contributed by atoms with Crippen molar-refractivity contribution in [2.45, 2.75) is 58.0 Å². The van der Waals surface area contributed by atoms with Crippen LogP contribution < -0.4 is 5.32 Å². The molecule has 2 atom stereocenters. The number of hydrogen-bond donors (Lipinski definition) is 1. The smallest absolute Gasteiger partial charge is 0.0388 e. The highest BCUT2D eigenvalue weighted by Crippen LogP contribution is 2.33. The highest BCUT2D eigenvalue weighted by molar-refractivity contribution is 7.12. The first-order chi connectivity index (χ1) is 9.72. The Hall–Kier alpha value is -0.640. The summed E-state index contributed by atoms with van der Waals surface area (Å²) in [4.78, 5) is 3.17. The third kappa shape index (κ3) is 3.33. The van der Waals surface area contributed by atoms with Gasteiger partial charge in [-0.05, 0) is 80.0 Å². The van der Waals surface area contributed by atoms with Crippen molar-refractivity contribution in [3.63, 3.8) is 0 Å². The maximum atomic E-state index is 3.76. The number of fused-ring (bicyclic) bond motifs is 1. The first-order valence-electron chi connectivity index (χ1n) is 7.61. The van der Waals surface area contributed by atoms with E-state index < -0.39 is 0 Å². The van der Waals surface area contributed by atoms with E-state index in [-0.39, 0.29) is 0 Å². The zero-order chi connectivity index (χ0) is 13.9. The first kappa shape index (κ1) is 14.3. The topological polar surface area (TPSA) is 12.0 Å². The molecular formula is C17H23NS2. The van der Waals surface area contributed by atoms with Crippen LogP contribution >= 0.6 is 22.7 Å². The molecule has 0 radical (unpaired) electrons. The lowest BCUT2D eigenvalue weighted by Gasteiger charge is -2.18. The summed E-state index contributed by atoms with van der Waals surface area (Å²) in [6.45, 7) is 4.60. The van der Waals surface area contributed by atoms with E-state index in [9.17, 15) is 0 Å². The summed E-state index contributed by atoms with van der Waals surface area (Å²) < 4.78 is 0. The molecule has 0 saturated carbocycles. The van der Waals surface area contributed by atoms with Crippen LogP contribution in [0.3, 0.4) is 0 Å². The normalized spacial score (nSPS) is 17.7. The molecule has 0 fully saturated rings. The Bertz CT molecular complexity index is 518. The number of nitrogens with one attached hydrogen (secondary N) is 1. The third-order valence-electron chi connectivity index (χ3n) is 4.10. The Morgan fingerprint density at radius 2 is 2.10 bits per heavy atom. The van der Waals surface area contributed by atoms with Gasteiger partial charge < -0.3 is 5.32 Å². The average Bonchev–Trinajstić information content (AvgIpc) is 3.06. The van der Waals surface area contributed by atoms with Crippen molar-refractivity contribution < 1.29 is 0 Å². The van der Waals surface area contributed by atoms with Gasteiger partial charge >= 0.3 is 0 Å². The summed E-state index contributed by atoms with van der Waals surface area (Å²) >= 11 is 3.82. The number of aryl methyl sites for hydroxylation is 2. The van der Waals surface area contributed by atoms with Gasteiger partial charge in [0.2, 0.25) is 0 Å². The lowest BCUT2D eigenvalue weighted by molar-refractivity contribution is 0.482. The number of rotatable bonds is 5. The predicted molar refractivity (Wildman–Crippen MR) is 90.0 cm³/mol. The van der Waals surface area contributed by atoms with Gasteiger partial charge in [-0.25, -0.2) is 0 Å². The van der Waals surface area contributed by atoms with Crippen molar-refractivity contribution in [2.24, 2.45) is 0 Å². The minimum atomic E-state index is 0.472. The van der Waals surface area contributed by atoms with Crippen LogP contribution in [0.4, 0.5) is 0 Å². The van der Waals surface area contributed by atoms with Gasteiger partial charge in [-0.1, -0.05) is 0 Å². The molecule has 0 amide bonds. The van der Waals surface area contributed by atoms with Crippen molar-refractivity contribution in [3.8, 4) is 0 Å². The second-order valence-corrected chi connectivity index (χ2v) is 7.88. The van der Waals surface area contributed by atoms with E-state index in [0.717, 1.165) is 6.42 Å². The van der Waals surface area contributed by atoms with Gasteiger partial charge in [-0.2, -0.15) is 11.3 Å². The van der Waals surface area contributed by atoms with Crippen LogP contribution in [0.25, 0.3) is 0 Å². The molecule has 2 heterocycles. The van der Waals surface area contributed by atoms with Crippen LogP contribution in [-0.2, 0) is 19.3 Å². The molecule has 1 aliphatic carbocycles. The van der Waals surface area contributed by atoms with E-state index in [1.807, 2.05) is 11.3 Å². The van der Waals surface area contributed by atoms with E-state index in [1.54, 1.807) is 21.8 Å². The molecule has 3 rings (SSSR count). The maximum Gasteiger partial charge on any atom is 0.0388 e. The molecule has 1 N–H and O–H groups in total. The summed E-state index contributed by atoms with van der Waals surface area (Å²) in [5.74, 6) is 0. The van der Waals surface area contributed by atoms with E-state index in [1.165, 1.54) is 36.1 Å². The summed E-state index contributed by atoms with van der Waals surface area (Å²) in [5.41, 5.74) is 3.07. The molecule has 2 unspecified atom stereocenters. The Balaban J connectivity index is 1.60. The molecule has 0 saturated heterocycles. The molecule has 20 heavy (non-hydrogen) atoms. The van der Waals surface area contributed by atoms with Gasteiger partial charge in [0.1, 0.15) is 0 Å². The molecule has 1 nitrogen and oxygen atoms in total. The molecule has 0 bridgehead atoms. The van der Waals surface area contributed by atoms with Crippen molar-refractivity contribution in [1.82, 2.24) is 5.32 Å². The van der Waals surface area contributed by atoms with E-state index >= 15 is 0 Å². The minimum Gasteiger partial charge on any atom is -0.307 e. The Kier molecular flexibility index (Phi) is 4.59. The first-order valence-corrected chi connectivity index (χ1v) is 9.37. The van der Waals surface area contributed by atoms with Crippen molar-refractivity contribution in [3.05, 3.63) is 43.8 Å². The van der Waals surface area contributed by atoms with Crippen LogP contribution in [0.15, 0.2) is 22.9 Å². The van der Waals surface area contributed by atoms with E-state index in [2.05, 4.69) is 42.1 Å². The quantitative estimate of drug-likeness (QED) is 0.822. The van der Waals surface area contributed by atoms with Gasteiger partial charge in [0.05, 0.1) is 0 Å². The van der Waals surface area contributed by atoms with Crippen LogP contribution in [-0.4, -0.2) is 6.04 Å². The Morgan fingerprint density at radius 3 is 2.85 bits per heavy atom. The van der Waals surface area contributed by atoms with E-state index in [4.69, 9.17) is 0 Å². The SMILES string of the molecule is CC(Cc1ccsc1)NC(C)c1cc2c(s1)CCCC2. The van der Waals surface area contributed by atoms with Gasteiger partial charge in [-0.3, -0.25) is 0 Å². The van der Waals surface area contributed by atoms with Gasteiger partial charge in [-0.15, -0.1) is 11.3 Å². The molecule has 3 heteroatoms. The summed E-state index contributed by atoms with van der Waals surface area (Å²) in [7, 11) is 0. The number of hydrogen-bond acceptors (Lipinski definition) is 3. The summed E-state index contributed by atoms with van der Waals surface area (Å²) in [6, 6.07) is 5.68. The second kappa shape index (κ2) is 6.42. The molecule has 108 valence electrons. The molecular weight excluding hydrogens is 282 g/mol. The number of thiophene rings is 2.